The highest BCUT2D eigenvalue weighted by atomic mass is 16.3. The van der Waals surface area contributed by atoms with E-state index in [1.165, 1.54) is 10.8 Å². The van der Waals surface area contributed by atoms with Crippen LogP contribution in [0.25, 0.3) is 72.4 Å². The van der Waals surface area contributed by atoms with Gasteiger partial charge < -0.3 is 8.98 Å². The average molecular weight is 514 g/mol. The van der Waals surface area contributed by atoms with Crippen molar-refractivity contribution in [3.8, 4) is 39.5 Å². The molecular weight excluding hydrogens is 490 g/mol. The third-order valence-corrected chi connectivity index (χ3v) is 7.48. The molecule has 0 bridgehead atoms. The van der Waals surface area contributed by atoms with E-state index in [-0.39, 0.29) is 0 Å². The second-order valence-electron chi connectivity index (χ2n) is 9.92. The molecule has 0 aliphatic heterocycles. The maximum absolute atomic E-state index is 6.26. The summed E-state index contributed by atoms with van der Waals surface area (Å²) in [6.45, 7) is 0. The molecule has 0 fully saturated rings. The molecule has 0 radical (unpaired) electrons. The first-order valence-corrected chi connectivity index (χ1v) is 13.3. The molecule has 8 aromatic rings. The Morgan fingerprint density at radius 1 is 0.525 bits per heavy atom. The average Bonchev–Trinajstić information content (AvgIpc) is 3.60. The number of benzene rings is 5. The zero-order valence-corrected chi connectivity index (χ0v) is 21.5. The number of hydrogen-bond donors (Lipinski definition) is 0. The number of oxazole rings is 1. The van der Waals surface area contributed by atoms with Gasteiger partial charge in [-0.1, -0.05) is 78.9 Å². The summed E-state index contributed by atoms with van der Waals surface area (Å²) in [6, 6.07) is 46.1. The summed E-state index contributed by atoms with van der Waals surface area (Å²) < 4.78 is 8.58. The molecule has 4 nitrogen and oxygen atoms in total. The summed E-state index contributed by atoms with van der Waals surface area (Å²) in [5.41, 5.74) is 10.2. The van der Waals surface area contributed by atoms with Gasteiger partial charge in [-0.15, -0.1) is 0 Å². The van der Waals surface area contributed by atoms with Crippen molar-refractivity contribution in [2.24, 2.45) is 0 Å². The third kappa shape index (κ3) is 3.69. The van der Waals surface area contributed by atoms with Gasteiger partial charge in [0.2, 0.25) is 5.89 Å². The smallest absolute Gasteiger partial charge is 0.227 e. The Hall–Kier alpha value is -5.48. The standard InChI is InChI=1S/C36H23N3O/c1-2-9-24(10-3-1)25-17-19-35-32(22-25)38-36(40-35)27-16-18-30-29-13-4-5-15-33(29)39(34(30)23-27)28-12-8-11-26(21-28)31-14-6-7-20-37-31/h1-23H. The number of nitrogens with zero attached hydrogens (tertiary/aromatic N) is 3. The maximum Gasteiger partial charge on any atom is 0.227 e. The topological polar surface area (TPSA) is 43.9 Å². The number of para-hydroxylation sites is 1. The molecule has 0 aliphatic rings. The Bertz CT molecular complexity index is 2160. The Morgan fingerprint density at radius 3 is 2.23 bits per heavy atom. The third-order valence-electron chi connectivity index (χ3n) is 7.48. The van der Waals surface area contributed by atoms with E-state index in [0.717, 1.165) is 55.8 Å². The lowest BCUT2D eigenvalue weighted by Crippen LogP contribution is -1.95. The zero-order valence-electron chi connectivity index (χ0n) is 21.5. The minimum atomic E-state index is 0.612. The van der Waals surface area contributed by atoms with E-state index in [2.05, 4.69) is 101 Å². The van der Waals surface area contributed by atoms with Crippen LogP contribution in [0.5, 0.6) is 0 Å². The molecule has 8 rings (SSSR count). The number of aromatic nitrogens is 3. The summed E-state index contributed by atoms with van der Waals surface area (Å²) >= 11 is 0. The van der Waals surface area contributed by atoms with E-state index in [1.807, 2.05) is 48.7 Å². The van der Waals surface area contributed by atoms with Crippen LogP contribution in [0.2, 0.25) is 0 Å². The maximum atomic E-state index is 6.26. The van der Waals surface area contributed by atoms with Gasteiger partial charge >= 0.3 is 0 Å². The Balaban J connectivity index is 1.29. The first kappa shape index (κ1) is 22.5. The molecule has 0 aliphatic carbocycles. The van der Waals surface area contributed by atoms with E-state index in [4.69, 9.17) is 9.40 Å². The highest BCUT2D eigenvalue weighted by Crippen LogP contribution is 2.36. The molecule has 188 valence electrons. The van der Waals surface area contributed by atoms with E-state index in [1.54, 1.807) is 0 Å². The van der Waals surface area contributed by atoms with Crippen molar-refractivity contribution in [2.75, 3.05) is 0 Å². The molecule has 0 unspecified atom stereocenters. The molecule has 0 saturated heterocycles. The molecular formula is C36H23N3O. The molecule has 3 heterocycles. The van der Waals surface area contributed by atoms with Gasteiger partial charge in [-0.25, -0.2) is 4.98 Å². The fourth-order valence-electron chi connectivity index (χ4n) is 5.58. The molecule has 0 amide bonds. The van der Waals surface area contributed by atoms with Crippen molar-refractivity contribution in [3.63, 3.8) is 0 Å². The van der Waals surface area contributed by atoms with Gasteiger partial charge in [-0.05, 0) is 65.7 Å². The predicted molar refractivity (Wildman–Crippen MR) is 162 cm³/mol. The highest BCUT2D eigenvalue weighted by Gasteiger charge is 2.16. The van der Waals surface area contributed by atoms with Gasteiger partial charge in [0.05, 0.1) is 16.7 Å². The van der Waals surface area contributed by atoms with Crippen molar-refractivity contribution in [3.05, 3.63) is 140 Å². The lowest BCUT2D eigenvalue weighted by atomic mass is 10.1. The summed E-state index contributed by atoms with van der Waals surface area (Å²) in [6.07, 6.45) is 1.83. The van der Waals surface area contributed by atoms with Crippen molar-refractivity contribution < 1.29 is 4.42 Å². The first-order chi connectivity index (χ1) is 19.8. The molecule has 3 aromatic heterocycles. The normalized spacial score (nSPS) is 11.5. The van der Waals surface area contributed by atoms with Crippen LogP contribution in [0.4, 0.5) is 0 Å². The summed E-state index contributed by atoms with van der Waals surface area (Å²) in [5.74, 6) is 0.612. The quantitative estimate of drug-likeness (QED) is 0.235. The summed E-state index contributed by atoms with van der Waals surface area (Å²) in [5, 5.41) is 2.39. The second-order valence-corrected chi connectivity index (χ2v) is 9.92. The van der Waals surface area contributed by atoms with Gasteiger partial charge in [0.1, 0.15) is 5.52 Å². The molecule has 0 spiro atoms. The van der Waals surface area contributed by atoms with E-state index < -0.39 is 0 Å². The van der Waals surface area contributed by atoms with Gasteiger partial charge in [-0.3, -0.25) is 4.98 Å². The molecule has 40 heavy (non-hydrogen) atoms. The SMILES string of the molecule is c1ccc(-c2ccc3oc(-c4ccc5c6ccccc6n(-c6cccc(-c7ccccn7)c6)c5c4)nc3c2)cc1. The van der Waals surface area contributed by atoms with Gasteiger partial charge in [0.25, 0.3) is 0 Å². The molecule has 0 saturated carbocycles. The zero-order chi connectivity index (χ0) is 26.5. The number of hydrogen-bond acceptors (Lipinski definition) is 3. The van der Waals surface area contributed by atoms with Crippen molar-refractivity contribution in [2.45, 2.75) is 0 Å². The monoisotopic (exact) mass is 513 g/mol. The van der Waals surface area contributed by atoms with Crippen molar-refractivity contribution >= 4 is 32.9 Å². The minimum Gasteiger partial charge on any atom is -0.436 e. The molecule has 0 atom stereocenters. The van der Waals surface area contributed by atoms with Crippen LogP contribution in [0.1, 0.15) is 0 Å². The Kier molecular flexibility index (Phi) is 5.10. The van der Waals surface area contributed by atoms with Crippen LogP contribution in [0.15, 0.2) is 144 Å². The fourth-order valence-corrected chi connectivity index (χ4v) is 5.58. The largest absolute Gasteiger partial charge is 0.436 e. The predicted octanol–water partition coefficient (Wildman–Crippen LogP) is 9.32. The molecule has 4 heteroatoms. The van der Waals surface area contributed by atoms with Gasteiger partial charge in [0, 0.05) is 33.8 Å². The van der Waals surface area contributed by atoms with Crippen LogP contribution in [-0.2, 0) is 0 Å². The van der Waals surface area contributed by atoms with E-state index in [0.29, 0.717) is 5.89 Å². The van der Waals surface area contributed by atoms with E-state index >= 15 is 0 Å². The molecule has 0 N–H and O–H groups in total. The van der Waals surface area contributed by atoms with Crippen molar-refractivity contribution in [1.82, 2.24) is 14.5 Å². The van der Waals surface area contributed by atoms with E-state index in [9.17, 15) is 0 Å². The lowest BCUT2D eigenvalue weighted by Gasteiger charge is -2.10. The Morgan fingerprint density at radius 2 is 1.32 bits per heavy atom. The van der Waals surface area contributed by atoms with Crippen LogP contribution >= 0.6 is 0 Å². The first-order valence-electron chi connectivity index (χ1n) is 13.3. The van der Waals surface area contributed by atoms with Crippen LogP contribution in [0.3, 0.4) is 0 Å². The second kappa shape index (κ2) is 9.07. The number of rotatable bonds is 4. The number of pyridine rings is 1. The number of fused-ring (bicyclic) bond motifs is 4. The van der Waals surface area contributed by atoms with Crippen LogP contribution in [-0.4, -0.2) is 14.5 Å². The Labute approximate surface area is 230 Å². The minimum absolute atomic E-state index is 0.612. The summed E-state index contributed by atoms with van der Waals surface area (Å²) in [4.78, 5) is 9.47. The fraction of sp³-hybridized carbons (Fsp3) is 0. The van der Waals surface area contributed by atoms with Gasteiger partial charge in [-0.2, -0.15) is 0 Å². The highest BCUT2D eigenvalue weighted by molar-refractivity contribution is 6.10. The van der Waals surface area contributed by atoms with Crippen LogP contribution < -0.4 is 0 Å². The summed E-state index contributed by atoms with van der Waals surface area (Å²) in [7, 11) is 0. The lowest BCUT2D eigenvalue weighted by molar-refractivity contribution is 0.620. The van der Waals surface area contributed by atoms with Crippen molar-refractivity contribution in [1.29, 1.82) is 0 Å². The molecule has 5 aromatic carbocycles. The van der Waals surface area contributed by atoms with Crippen LogP contribution in [0, 0.1) is 0 Å². The van der Waals surface area contributed by atoms with Gasteiger partial charge in [0.15, 0.2) is 5.58 Å².